The van der Waals surface area contributed by atoms with Gasteiger partial charge >= 0.3 is 10.4 Å². The summed E-state index contributed by atoms with van der Waals surface area (Å²) in [6, 6.07) is 0. The molecule has 0 fully saturated rings. The first-order chi connectivity index (χ1) is 3.00. The van der Waals surface area contributed by atoms with E-state index in [4.69, 9.17) is 17.5 Å². The van der Waals surface area contributed by atoms with Crippen LogP contribution in [0.25, 0.3) is 0 Å². The first-order valence-electron chi connectivity index (χ1n) is 1.03. The molecule has 0 aromatic heterocycles. The predicted octanol–water partition coefficient (Wildman–Crippen LogP) is -2.66. The van der Waals surface area contributed by atoms with E-state index in [1.54, 1.807) is 0 Å². The number of hydrogen-bond donors (Lipinski definition) is 4. The van der Waals surface area contributed by atoms with Crippen molar-refractivity contribution in [3.05, 3.63) is 0 Å². The van der Waals surface area contributed by atoms with Gasteiger partial charge in [0.05, 0.1) is 0 Å². The topological polar surface area (TPSA) is 158 Å². The van der Waals surface area contributed by atoms with Crippen molar-refractivity contribution in [3.8, 4) is 0 Å². The van der Waals surface area contributed by atoms with Crippen molar-refractivity contribution in [3.63, 3.8) is 0 Å². The Bertz CT molecular complexity index is 93.6. The number of hydrazine groups is 1. The van der Waals surface area contributed by atoms with Crippen LogP contribution in [0.3, 0.4) is 0 Å². The highest BCUT2D eigenvalue weighted by Crippen LogP contribution is 1.59. The second-order valence-electron chi connectivity index (χ2n) is 0.448. The van der Waals surface area contributed by atoms with Gasteiger partial charge < -0.3 is 5.48 Å². The third kappa shape index (κ3) is 2080. The van der Waals surface area contributed by atoms with Crippen LogP contribution >= 0.6 is 0 Å². The lowest BCUT2D eigenvalue weighted by Gasteiger charge is -1.68. The maximum atomic E-state index is 8.74. The molecule has 8 heavy (non-hydrogen) atoms. The molecule has 0 radical (unpaired) electrons. The minimum absolute atomic E-state index is 0. The number of hydrogen-bond acceptors (Lipinski definition) is 4. The molecule has 0 saturated heterocycles. The Morgan fingerprint density at radius 1 is 1.12 bits per heavy atom. The summed E-state index contributed by atoms with van der Waals surface area (Å²) in [6.45, 7) is 0. The van der Waals surface area contributed by atoms with E-state index in [0.717, 1.165) is 0 Å². The molecule has 0 aromatic rings. The monoisotopic (exact) mass is 148 g/mol. The van der Waals surface area contributed by atoms with Crippen LogP contribution in [0.15, 0.2) is 0 Å². The molecule has 0 amide bonds. The van der Waals surface area contributed by atoms with Crippen LogP contribution in [0.2, 0.25) is 0 Å². The summed E-state index contributed by atoms with van der Waals surface area (Å²) in [4.78, 5) is 0. The fraction of sp³-hybridized carbons (Fsp3) is 0. The summed E-state index contributed by atoms with van der Waals surface area (Å²) in [7, 11) is -4.67. The van der Waals surface area contributed by atoms with Gasteiger partial charge in [-0.25, -0.2) is 0 Å². The summed E-state index contributed by atoms with van der Waals surface area (Å²) in [5.74, 6) is 8.00. The van der Waals surface area contributed by atoms with Crippen LogP contribution in [0.1, 0.15) is 0 Å². The molecule has 0 heterocycles. The third-order valence-electron chi connectivity index (χ3n) is 0. The van der Waals surface area contributed by atoms with E-state index in [1.165, 1.54) is 0 Å². The van der Waals surface area contributed by atoms with Crippen molar-refractivity contribution in [2.24, 2.45) is 11.7 Å². The zero-order chi connectivity index (χ0) is 6.50. The average molecular weight is 148 g/mol. The standard InChI is InChI=1S/H4N2.H2O4S.H2O/c1-2;1-5(2,3)4;/h1-2H2;(H2,1,2,3,4);1H2. The van der Waals surface area contributed by atoms with E-state index < -0.39 is 10.4 Å². The lowest BCUT2D eigenvalue weighted by molar-refractivity contribution is 0.381. The van der Waals surface area contributed by atoms with Gasteiger partial charge in [0.15, 0.2) is 0 Å². The Hall–Kier alpha value is -0.250. The Morgan fingerprint density at radius 3 is 1.12 bits per heavy atom. The molecule has 0 unspecified atom stereocenters. The molecule has 0 bridgehead atoms. The van der Waals surface area contributed by atoms with Crippen LogP contribution in [0.5, 0.6) is 0 Å². The highest BCUT2D eigenvalue weighted by Gasteiger charge is 1.84. The smallest absolute Gasteiger partial charge is 0.394 e. The van der Waals surface area contributed by atoms with Gasteiger partial charge in [-0.2, -0.15) is 8.42 Å². The van der Waals surface area contributed by atoms with Gasteiger partial charge in [0.25, 0.3) is 0 Å². The van der Waals surface area contributed by atoms with Crippen molar-refractivity contribution >= 4 is 10.4 Å². The first-order valence-corrected chi connectivity index (χ1v) is 2.43. The second kappa shape index (κ2) is 6.75. The van der Waals surface area contributed by atoms with Crippen molar-refractivity contribution in [2.75, 3.05) is 0 Å². The molecule has 0 aromatic carbocycles. The van der Waals surface area contributed by atoms with Crippen LogP contribution in [-0.4, -0.2) is 23.0 Å². The molecule has 0 aliphatic carbocycles. The van der Waals surface area contributed by atoms with Gasteiger partial charge in [0.2, 0.25) is 0 Å². The van der Waals surface area contributed by atoms with Gasteiger partial charge in [-0.15, -0.1) is 0 Å². The molecule has 0 aliphatic heterocycles. The molecule has 0 aliphatic rings. The van der Waals surface area contributed by atoms with Gasteiger partial charge in [-0.1, -0.05) is 0 Å². The van der Waals surface area contributed by atoms with Crippen molar-refractivity contribution in [1.82, 2.24) is 0 Å². The summed E-state index contributed by atoms with van der Waals surface area (Å²) < 4.78 is 31.6. The van der Waals surface area contributed by atoms with E-state index in [2.05, 4.69) is 11.7 Å². The minimum atomic E-state index is -4.67. The van der Waals surface area contributed by atoms with Gasteiger partial charge in [-0.3, -0.25) is 20.8 Å². The lowest BCUT2D eigenvalue weighted by Crippen LogP contribution is -2.02. The van der Waals surface area contributed by atoms with E-state index >= 15 is 0 Å². The maximum absolute atomic E-state index is 8.74. The van der Waals surface area contributed by atoms with Crippen LogP contribution in [0, 0.1) is 0 Å². The van der Waals surface area contributed by atoms with Crippen LogP contribution in [-0.2, 0) is 10.4 Å². The van der Waals surface area contributed by atoms with Gasteiger partial charge in [0.1, 0.15) is 0 Å². The fourth-order valence-electron chi connectivity index (χ4n) is 0. The first kappa shape index (κ1) is 15.7. The van der Waals surface area contributed by atoms with Crippen molar-refractivity contribution < 1.29 is 23.0 Å². The maximum Gasteiger partial charge on any atom is 0.394 e. The number of rotatable bonds is 0. The lowest BCUT2D eigenvalue weighted by atomic mass is 13.0. The molecule has 8 N–H and O–H groups in total. The van der Waals surface area contributed by atoms with Crippen LogP contribution < -0.4 is 11.7 Å². The summed E-state index contributed by atoms with van der Waals surface area (Å²) in [6.07, 6.45) is 0. The van der Waals surface area contributed by atoms with E-state index in [0.29, 0.717) is 0 Å². The Kier molecular flexibility index (Phi) is 13.2. The van der Waals surface area contributed by atoms with Gasteiger partial charge in [0, 0.05) is 0 Å². The van der Waals surface area contributed by atoms with E-state index in [-0.39, 0.29) is 5.48 Å². The van der Waals surface area contributed by atoms with E-state index in [9.17, 15) is 0 Å². The third-order valence-corrected chi connectivity index (χ3v) is 0. The Labute approximate surface area is 46.1 Å². The predicted molar refractivity (Wildman–Crippen MR) is 26.2 cm³/mol. The summed E-state index contributed by atoms with van der Waals surface area (Å²) in [5.41, 5.74) is 0. The van der Waals surface area contributed by atoms with Crippen LogP contribution in [0.4, 0.5) is 0 Å². The molecule has 0 spiro atoms. The molecular weight excluding hydrogens is 140 g/mol. The Morgan fingerprint density at radius 2 is 1.12 bits per heavy atom. The second-order valence-corrected chi connectivity index (χ2v) is 1.34. The van der Waals surface area contributed by atoms with Crippen molar-refractivity contribution in [1.29, 1.82) is 0 Å². The summed E-state index contributed by atoms with van der Waals surface area (Å²) >= 11 is 0. The number of nitrogens with two attached hydrogens (primary N) is 2. The molecule has 8 heteroatoms. The summed E-state index contributed by atoms with van der Waals surface area (Å²) in [5, 5.41) is 0. The molecule has 0 saturated carbocycles. The highest BCUT2D eigenvalue weighted by atomic mass is 32.3. The molecule has 54 valence electrons. The van der Waals surface area contributed by atoms with E-state index in [1.807, 2.05) is 0 Å². The zero-order valence-electron chi connectivity index (χ0n) is 3.77. The zero-order valence-corrected chi connectivity index (χ0v) is 4.59. The molecule has 0 rings (SSSR count). The quantitative estimate of drug-likeness (QED) is 0.167. The molecule has 0 atom stereocenters. The highest BCUT2D eigenvalue weighted by molar-refractivity contribution is 7.79. The van der Waals surface area contributed by atoms with Crippen molar-refractivity contribution in [2.45, 2.75) is 0 Å². The minimum Gasteiger partial charge on any atom is -0.412 e. The normalized spacial score (nSPS) is 8.00. The molecule has 7 nitrogen and oxygen atoms in total. The largest absolute Gasteiger partial charge is 0.412 e. The SMILES string of the molecule is NN.O.O=S(=O)(O)O. The Balaban J connectivity index is -0.0000000750. The molecular formula is H8N2O5S. The fourth-order valence-corrected chi connectivity index (χ4v) is 0. The van der Waals surface area contributed by atoms with Gasteiger partial charge in [-0.05, 0) is 0 Å². The average Bonchev–Trinajstić information content (AvgIpc) is 1.36.